The fraction of sp³-hybridized carbons (Fsp3) is 0.375. The van der Waals surface area contributed by atoms with Crippen LogP contribution in [0.15, 0.2) is 47.0 Å². The predicted octanol–water partition coefficient (Wildman–Crippen LogP) is 4.91. The molecule has 1 fully saturated rings. The maximum atomic E-state index is 12.7. The van der Waals surface area contributed by atoms with Crippen LogP contribution in [0.2, 0.25) is 0 Å². The molecule has 0 N–H and O–H groups in total. The first-order chi connectivity index (χ1) is 14.4. The minimum absolute atomic E-state index is 0.0834. The fourth-order valence-corrected chi connectivity index (χ4v) is 3.60. The number of aromatic nitrogens is 2. The van der Waals surface area contributed by atoms with Gasteiger partial charge in [0.25, 0.3) is 0 Å². The number of nitrogens with zero attached hydrogens (tertiary/aromatic N) is 3. The summed E-state index contributed by atoms with van der Waals surface area (Å²) >= 11 is 0. The third-order valence-corrected chi connectivity index (χ3v) is 5.27. The summed E-state index contributed by atoms with van der Waals surface area (Å²) in [4.78, 5) is 19.1. The molecule has 6 nitrogen and oxygen atoms in total. The van der Waals surface area contributed by atoms with Crippen LogP contribution < -0.4 is 9.64 Å². The summed E-state index contributed by atoms with van der Waals surface area (Å²) in [6.45, 7) is 9.51. The molecule has 1 amide bonds. The Morgan fingerprint density at radius 3 is 2.67 bits per heavy atom. The summed E-state index contributed by atoms with van der Waals surface area (Å²) in [6, 6.07) is 13.8. The Morgan fingerprint density at radius 2 is 1.93 bits per heavy atom. The van der Waals surface area contributed by atoms with E-state index in [4.69, 9.17) is 9.26 Å². The van der Waals surface area contributed by atoms with Gasteiger partial charge < -0.3 is 14.2 Å². The van der Waals surface area contributed by atoms with Crippen LogP contribution in [0, 0.1) is 19.8 Å². The second kappa shape index (κ2) is 8.30. The molecule has 1 aliphatic rings. The predicted molar refractivity (Wildman–Crippen MR) is 116 cm³/mol. The average molecular weight is 405 g/mol. The van der Waals surface area contributed by atoms with Gasteiger partial charge in [-0.1, -0.05) is 31.1 Å². The Morgan fingerprint density at radius 1 is 1.17 bits per heavy atom. The van der Waals surface area contributed by atoms with E-state index in [0.29, 0.717) is 37.2 Å². The molecular weight excluding hydrogens is 378 g/mol. The van der Waals surface area contributed by atoms with Gasteiger partial charge in [0, 0.05) is 24.2 Å². The van der Waals surface area contributed by atoms with Crippen LogP contribution in [-0.4, -0.2) is 29.2 Å². The van der Waals surface area contributed by atoms with Gasteiger partial charge in [-0.15, -0.1) is 0 Å². The summed E-state index contributed by atoms with van der Waals surface area (Å²) < 4.78 is 11.2. The van der Waals surface area contributed by atoms with Gasteiger partial charge in [0.05, 0.1) is 12.5 Å². The van der Waals surface area contributed by atoms with E-state index in [-0.39, 0.29) is 11.8 Å². The van der Waals surface area contributed by atoms with E-state index >= 15 is 0 Å². The standard InChI is InChI=1S/C24H27N3O3/c1-15(2)14-29-20-9-7-18(8-10-20)23-25-24(30-26-23)19-12-22(28)27(13-19)21-11-16(3)5-6-17(21)4/h5-11,15,19H,12-14H2,1-4H3. The van der Waals surface area contributed by atoms with E-state index in [2.05, 4.69) is 36.1 Å². The maximum absolute atomic E-state index is 12.7. The molecule has 4 rings (SSSR count). The molecule has 0 radical (unpaired) electrons. The van der Waals surface area contributed by atoms with Gasteiger partial charge in [0.15, 0.2) is 0 Å². The van der Waals surface area contributed by atoms with Crippen molar-refractivity contribution in [2.75, 3.05) is 18.1 Å². The highest BCUT2D eigenvalue weighted by atomic mass is 16.5. The molecule has 0 bridgehead atoms. The van der Waals surface area contributed by atoms with Gasteiger partial charge in [-0.3, -0.25) is 4.79 Å². The smallest absolute Gasteiger partial charge is 0.232 e. The van der Waals surface area contributed by atoms with Gasteiger partial charge in [-0.2, -0.15) is 4.98 Å². The molecule has 0 aliphatic carbocycles. The van der Waals surface area contributed by atoms with Crippen LogP contribution in [0.4, 0.5) is 5.69 Å². The molecule has 1 atom stereocenters. The van der Waals surface area contributed by atoms with Crippen molar-refractivity contribution in [1.82, 2.24) is 10.1 Å². The molecule has 2 aromatic carbocycles. The number of carbonyl (C=O) groups is 1. The molecule has 0 spiro atoms. The monoisotopic (exact) mass is 405 g/mol. The summed E-state index contributed by atoms with van der Waals surface area (Å²) in [6.07, 6.45) is 0.372. The highest BCUT2D eigenvalue weighted by molar-refractivity contribution is 5.97. The van der Waals surface area contributed by atoms with E-state index in [1.807, 2.05) is 49.1 Å². The summed E-state index contributed by atoms with van der Waals surface area (Å²) in [7, 11) is 0. The number of benzene rings is 2. The number of ether oxygens (including phenoxy) is 1. The number of carbonyl (C=O) groups excluding carboxylic acids is 1. The van der Waals surface area contributed by atoms with Crippen molar-refractivity contribution in [2.45, 2.75) is 40.0 Å². The van der Waals surface area contributed by atoms with Gasteiger partial charge in [0.1, 0.15) is 5.75 Å². The highest BCUT2D eigenvalue weighted by Crippen LogP contribution is 2.34. The fourth-order valence-electron chi connectivity index (χ4n) is 3.60. The van der Waals surface area contributed by atoms with Crippen molar-refractivity contribution in [2.24, 2.45) is 5.92 Å². The van der Waals surface area contributed by atoms with Crippen LogP contribution in [-0.2, 0) is 4.79 Å². The molecule has 1 aliphatic heterocycles. The van der Waals surface area contributed by atoms with E-state index in [1.54, 1.807) is 0 Å². The lowest BCUT2D eigenvalue weighted by Gasteiger charge is -2.19. The average Bonchev–Trinajstić information content (AvgIpc) is 3.36. The van der Waals surface area contributed by atoms with Gasteiger partial charge in [-0.05, 0) is 61.2 Å². The minimum atomic E-state index is -0.104. The van der Waals surface area contributed by atoms with Crippen LogP contribution >= 0.6 is 0 Å². The Bertz CT molecular complexity index is 1040. The normalized spacial score (nSPS) is 16.5. The Balaban J connectivity index is 1.48. The van der Waals surface area contributed by atoms with Crippen LogP contribution in [0.25, 0.3) is 11.4 Å². The zero-order valence-corrected chi connectivity index (χ0v) is 17.9. The first kappa shape index (κ1) is 20.1. The number of hydrogen-bond acceptors (Lipinski definition) is 5. The van der Waals surface area contributed by atoms with Crippen molar-refractivity contribution >= 4 is 11.6 Å². The number of hydrogen-bond donors (Lipinski definition) is 0. The maximum Gasteiger partial charge on any atom is 0.232 e. The summed E-state index contributed by atoms with van der Waals surface area (Å²) in [5.41, 5.74) is 4.03. The summed E-state index contributed by atoms with van der Waals surface area (Å²) in [5.74, 6) is 2.31. The topological polar surface area (TPSA) is 68.5 Å². The SMILES string of the molecule is Cc1ccc(C)c(N2CC(c3nc(-c4ccc(OCC(C)C)cc4)no3)CC2=O)c1. The Kier molecular flexibility index (Phi) is 5.57. The zero-order chi connectivity index (χ0) is 21.3. The lowest BCUT2D eigenvalue weighted by Crippen LogP contribution is -2.25. The lowest BCUT2D eigenvalue weighted by molar-refractivity contribution is -0.117. The number of aryl methyl sites for hydroxylation is 2. The van der Waals surface area contributed by atoms with E-state index < -0.39 is 0 Å². The second-order valence-corrected chi connectivity index (χ2v) is 8.38. The molecule has 1 aromatic heterocycles. The first-order valence-electron chi connectivity index (χ1n) is 10.3. The van der Waals surface area contributed by atoms with Gasteiger partial charge in [-0.25, -0.2) is 0 Å². The first-order valence-corrected chi connectivity index (χ1v) is 10.3. The quantitative estimate of drug-likeness (QED) is 0.583. The summed E-state index contributed by atoms with van der Waals surface area (Å²) in [5, 5.41) is 4.13. The van der Waals surface area contributed by atoms with Crippen molar-refractivity contribution in [1.29, 1.82) is 0 Å². The molecule has 3 aromatic rings. The van der Waals surface area contributed by atoms with Crippen molar-refractivity contribution < 1.29 is 14.1 Å². The molecule has 156 valence electrons. The highest BCUT2D eigenvalue weighted by Gasteiger charge is 2.35. The lowest BCUT2D eigenvalue weighted by atomic mass is 10.1. The van der Waals surface area contributed by atoms with Crippen LogP contribution in [0.3, 0.4) is 0 Å². The molecule has 0 saturated carbocycles. The minimum Gasteiger partial charge on any atom is -0.493 e. The molecule has 2 heterocycles. The van der Waals surface area contributed by atoms with Crippen molar-refractivity contribution in [3.63, 3.8) is 0 Å². The van der Waals surface area contributed by atoms with Crippen LogP contribution in [0.1, 0.15) is 43.2 Å². The number of amides is 1. The number of anilines is 1. The van der Waals surface area contributed by atoms with E-state index in [0.717, 1.165) is 28.1 Å². The Hall–Kier alpha value is -3.15. The number of rotatable bonds is 6. The van der Waals surface area contributed by atoms with Crippen molar-refractivity contribution in [3.8, 4) is 17.1 Å². The van der Waals surface area contributed by atoms with E-state index in [1.165, 1.54) is 0 Å². The van der Waals surface area contributed by atoms with Crippen LogP contribution in [0.5, 0.6) is 5.75 Å². The second-order valence-electron chi connectivity index (χ2n) is 8.38. The third-order valence-electron chi connectivity index (χ3n) is 5.27. The van der Waals surface area contributed by atoms with Gasteiger partial charge in [0.2, 0.25) is 17.6 Å². The van der Waals surface area contributed by atoms with Gasteiger partial charge >= 0.3 is 0 Å². The zero-order valence-electron chi connectivity index (χ0n) is 17.9. The molecule has 1 saturated heterocycles. The molecule has 6 heteroatoms. The molecule has 1 unspecified atom stereocenters. The Labute approximate surface area is 176 Å². The third kappa shape index (κ3) is 4.22. The molecular formula is C24H27N3O3. The van der Waals surface area contributed by atoms with E-state index in [9.17, 15) is 4.79 Å². The largest absolute Gasteiger partial charge is 0.493 e. The molecule has 30 heavy (non-hydrogen) atoms. The van der Waals surface area contributed by atoms with Crippen molar-refractivity contribution in [3.05, 3.63) is 59.5 Å².